The van der Waals surface area contributed by atoms with E-state index in [9.17, 15) is 23.2 Å². The molecule has 16 nitrogen and oxygen atoms in total. The molecule has 5 fully saturated rings. The molecule has 2 bridgehead atoms. The summed E-state index contributed by atoms with van der Waals surface area (Å²) < 4.78 is 62.1. The highest BCUT2D eigenvalue weighted by Crippen LogP contribution is 2.37. The van der Waals surface area contributed by atoms with Crippen LogP contribution in [0.15, 0.2) is 42.9 Å². The van der Waals surface area contributed by atoms with Gasteiger partial charge in [0.05, 0.1) is 68.2 Å². The van der Waals surface area contributed by atoms with E-state index in [2.05, 4.69) is 47.6 Å². The second-order valence-corrected chi connectivity index (χ2v) is 17.1. The van der Waals surface area contributed by atoms with Crippen molar-refractivity contribution in [3.05, 3.63) is 65.4 Å². The normalized spacial score (nSPS) is 25.3. The smallest absolute Gasteiger partial charge is 0.284 e. The number of amides is 3. The largest absolute Gasteiger partial charge is 0.374 e. The number of aromatic nitrogens is 7. The monoisotopic (exact) mass is 851 g/mol. The van der Waals surface area contributed by atoms with E-state index in [1.807, 2.05) is 12.1 Å². The summed E-state index contributed by atoms with van der Waals surface area (Å²) in [4.78, 5) is 47.1. The standard InChI is InChI=1S/C44H49F2N11O5/c1-53-40-27(4-2-6-32(40)38(51-53)33-11-12-37(58)50-43(33)59)5-3-19-61-30-13-16-54(17-14-30)22-26-7-9-28(10-8-26)57-24-35(39(52-57)41(45)46)48-44(60)34-21-47-56-18-15-36(49-42(34)56)55-23-31-20-29(55)25-62-31/h2,4,6,15,18,21,24,26,28-31,33,41H,7-14,16-17,19-20,22-23,25H2,1H3,(H,48,60)(H,50,58,59)/t26?,28?,29-,31-,33?/m0/s1/i19D2. The minimum atomic E-state index is -2.88. The highest BCUT2D eigenvalue weighted by atomic mass is 19.3. The number of para-hydroxylation sites is 1. The Hall–Kier alpha value is -5.77. The summed E-state index contributed by atoms with van der Waals surface area (Å²) in [7, 11) is 1.75. The van der Waals surface area contributed by atoms with Crippen LogP contribution in [0.4, 0.5) is 20.3 Å². The molecule has 10 rings (SSSR count). The zero-order valence-electron chi connectivity index (χ0n) is 36.3. The van der Waals surface area contributed by atoms with Crippen LogP contribution >= 0.6 is 0 Å². The number of aryl methyl sites for hydroxylation is 1. The predicted octanol–water partition coefficient (Wildman–Crippen LogP) is 4.76. The molecule has 1 saturated carbocycles. The highest BCUT2D eigenvalue weighted by Gasteiger charge is 2.40. The molecule has 18 heteroatoms. The summed E-state index contributed by atoms with van der Waals surface area (Å²) in [6.45, 7) is 1.55. The molecule has 5 aliphatic rings. The third kappa shape index (κ3) is 7.93. The van der Waals surface area contributed by atoms with Crippen LogP contribution in [0.1, 0.15) is 106 Å². The number of benzene rings is 1. The first-order valence-electron chi connectivity index (χ1n) is 22.5. The van der Waals surface area contributed by atoms with Crippen molar-refractivity contribution in [2.24, 2.45) is 13.0 Å². The number of imide groups is 1. The van der Waals surface area contributed by atoms with Crippen molar-refractivity contribution in [3.63, 3.8) is 0 Å². The van der Waals surface area contributed by atoms with Crippen molar-refractivity contribution in [1.29, 1.82) is 0 Å². The van der Waals surface area contributed by atoms with Gasteiger partial charge in [-0.2, -0.15) is 15.3 Å². The van der Waals surface area contributed by atoms with Crippen molar-refractivity contribution in [1.82, 2.24) is 44.4 Å². The van der Waals surface area contributed by atoms with Gasteiger partial charge in [-0.25, -0.2) is 18.3 Å². The molecule has 1 aromatic carbocycles. The molecule has 62 heavy (non-hydrogen) atoms. The summed E-state index contributed by atoms with van der Waals surface area (Å²) in [5, 5.41) is 19.0. The van der Waals surface area contributed by atoms with Crippen LogP contribution < -0.4 is 15.5 Å². The van der Waals surface area contributed by atoms with E-state index in [1.54, 1.807) is 34.7 Å². The number of carbonyl (C=O) groups excluding carboxylic acids is 3. The Kier molecular flexibility index (Phi) is 10.3. The van der Waals surface area contributed by atoms with Gasteiger partial charge in [-0.15, -0.1) is 0 Å². The fourth-order valence-corrected chi connectivity index (χ4v) is 9.95. The van der Waals surface area contributed by atoms with Crippen LogP contribution in [0.25, 0.3) is 16.6 Å². The second kappa shape index (κ2) is 16.8. The van der Waals surface area contributed by atoms with E-state index in [1.165, 1.54) is 16.9 Å². The van der Waals surface area contributed by atoms with Crippen LogP contribution in [-0.4, -0.2) is 114 Å². The van der Waals surface area contributed by atoms with Gasteiger partial charge in [0.1, 0.15) is 17.9 Å². The minimum Gasteiger partial charge on any atom is -0.374 e. The summed E-state index contributed by atoms with van der Waals surface area (Å²) in [6.07, 6.45) is 7.81. The van der Waals surface area contributed by atoms with Gasteiger partial charge < -0.3 is 24.6 Å². The average molecular weight is 852 g/mol. The summed E-state index contributed by atoms with van der Waals surface area (Å²) in [5.74, 6) is 4.98. The number of ether oxygens (including phenoxy) is 2. The van der Waals surface area contributed by atoms with Crippen molar-refractivity contribution >= 4 is 45.8 Å². The molecule has 1 unspecified atom stereocenters. The third-order valence-electron chi connectivity index (χ3n) is 13.2. The van der Waals surface area contributed by atoms with Crippen molar-refractivity contribution in [2.45, 2.75) is 94.4 Å². The molecule has 324 valence electrons. The topological polar surface area (TPSA) is 166 Å². The Morgan fingerprint density at radius 3 is 2.69 bits per heavy atom. The van der Waals surface area contributed by atoms with Crippen LogP contribution in [0, 0.1) is 17.8 Å². The second-order valence-electron chi connectivity index (χ2n) is 17.1. The van der Waals surface area contributed by atoms with Gasteiger partial charge in [0, 0.05) is 57.4 Å². The number of hydrogen-bond acceptors (Lipinski definition) is 11. The van der Waals surface area contributed by atoms with Crippen LogP contribution in [0.5, 0.6) is 0 Å². The Bertz CT molecular complexity index is 2680. The number of fused-ring (bicyclic) bond motifs is 4. The lowest BCUT2D eigenvalue weighted by Gasteiger charge is -2.36. The molecule has 5 aromatic rings. The quantitative estimate of drug-likeness (QED) is 0.147. The zero-order chi connectivity index (χ0) is 44.3. The summed E-state index contributed by atoms with van der Waals surface area (Å²) >= 11 is 0. The fraction of sp³-hybridized carbons (Fsp3) is 0.523. The lowest BCUT2D eigenvalue weighted by Crippen LogP contribution is -2.40. The number of piperidine rings is 2. The summed E-state index contributed by atoms with van der Waals surface area (Å²) in [6, 6.07) is 7.44. The first kappa shape index (κ1) is 37.9. The first-order valence-corrected chi connectivity index (χ1v) is 21.5. The van der Waals surface area contributed by atoms with E-state index >= 15 is 0 Å². The zero-order valence-corrected chi connectivity index (χ0v) is 34.3. The number of nitrogens with one attached hydrogen (secondary N) is 2. The SMILES string of the molecule is [2H]C([2H])(C#Cc1cccc2c(C3CCC(=O)NC3=O)nn(C)c12)OC1CCN(CC2CCC(n3cc(NC(=O)c4cnn5ccc(N6C[C@@H]7C[C@H]6CO7)nc45)c(C(F)F)n3)CC2)CC1. The Balaban J connectivity index is 0.713. The van der Waals surface area contributed by atoms with Gasteiger partial charge in [0.2, 0.25) is 11.8 Å². The number of anilines is 2. The molecule has 3 atom stereocenters. The number of morpholine rings is 1. The lowest BCUT2D eigenvalue weighted by molar-refractivity contribution is -0.134. The van der Waals surface area contributed by atoms with E-state index in [-0.39, 0.29) is 53.8 Å². The van der Waals surface area contributed by atoms with E-state index in [0.29, 0.717) is 54.2 Å². The summed E-state index contributed by atoms with van der Waals surface area (Å²) in [5.41, 5.74) is 1.82. The molecule has 3 amide bonds. The van der Waals surface area contributed by atoms with Crippen LogP contribution in [0.2, 0.25) is 0 Å². The number of alkyl halides is 2. The Labute approximate surface area is 359 Å². The van der Waals surface area contributed by atoms with Gasteiger partial charge in [-0.1, -0.05) is 24.0 Å². The van der Waals surface area contributed by atoms with Crippen LogP contribution in [0.3, 0.4) is 0 Å². The minimum absolute atomic E-state index is 0.0292. The highest BCUT2D eigenvalue weighted by molar-refractivity contribution is 6.08. The molecule has 4 aromatic heterocycles. The number of rotatable bonds is 10. The number of hydrogen-bond donors (Lipinski definition) is 2. The third-order valence-corrected chi connectivity index (χ3v) is 13.2. The maximum atomic E-state index is 14.3. The predicted molar refractivity (Wildman–Crippen MR) is 223 cm³/mol. The maximum Gasteiger partial charge on any atom is 0.284 e. The molecular weight excluding hydrogens is 801 g/mol. The van der Waals surface area contributed by atoms with Gasteiger partial charge in [0.15, 0.2) is 11.3 Å². The molecule has 2 N–H and O–H groups in total. The fourth-order valence-electron chi connectivity index (χ4n) is 9.95. The lowest BCUT2D eigenvalue weighted by atomic mass is 9.85. The number of likely N-dealkylation sites (tertiary alicyclic amines) is 1. The maximum absolute atomic E-state index is 14.3. The molecule has 1 aliphatic carbocycles. The molecular formula is C44H49F2N11O5. The van der Waals surface area contributed by atoms with E-state index in [4.69, 9.17) is 17.2 Å². The van der Waals surface area contributed by atoms with Crippen molar-refractivity contribution in [2.75, 3.05) is 49.6 Å². The van der Waals surface area contributed by atoms with E-state index < -0.39 is 30.5 Å². The Morgan fingerprint density at radius 2 is 1.94 bits per heavy atom. The van der Waals surface area contributed by atoms with Gasteiger partial charge >= 0.3 is 0 Å². The molecule has 8 heterocycles. The molecule has 0 spiro atoms. The number of carbonyl (C=O) groups is 3. The average Bonchev–Trinajstić information content (AvgIpc) is 4.13. The molecule has 4 saturated heterocycles. The number of halogens is 2. The number of nitrogens with zero attached hydrogens (tertiary/aromatic N) is 9. The van der Waals surface area contributed by atoms with Gasteiger partial charge in [-0.3, -0.25) is 29.1 Å². The molecule has 0 radical (unpaired) electrons. The first-order chi connectivity index (χ1) is 30.9. The van der Waals surface area contributed by atoms with Crippen molar-refractivity contribution in [3.8, 4) is 11.8 Å². The van der Waals surface area contributed by atoms with Gasteiger partial charge in [0.25, 0.3) is 12.3 Å². The Morgan fingerprint density at radius 1 is 1.10 bits per heavy atom. The van der Waals surface area contributed by atoms with Crippen LogP contribution in [-0.2, 0) is 26.1 Å². The van der Waals surface area contributed by atoms with Gasteiger partial charge in [-0.05, 0) is 69.4 Å². The molecule has 4 aliphatic heterocycles. The van der Waals surface area contributed by atoms with Crippen molar-refractivity contribution < 1.29 is 35.4 Å². The van der Waals surface area contributed by atoms with E-state index in [0.717, 1.165) is 69.5 Å².